The Labute approximate surface area is 508 Å². The fourth-order valence-corrected chi connectivity index (χ4v) is 19.2. The number of likely N-dealkylation sites (N-methyl/N-ethyl adjacent to an activating group) is 1. The molecule has 3 unspecified atom stereocenters. The van der Waals surface area contributed by atoms with Crippen LogP contribution in [0.4, 0.5) is 20.1 Å². The number of halogens is 2. The van der Waals surface area contributed by atoms with E-state index in [1.807, 2.05) is 59.2 Å². The molecule has 3 saturated carbocycles. The molecule has 15 heteroatoms. The second kappa shape index (κ2) is 41.5. The number of carbonyl (C=O) groups excluding carboxylic acids is 3. The number of aryl methyl sites for hydroxylation is 3. The van der Waals surface area contributed by atoms with Crippen molar-refractivity contribution in [3.05, 3.63) is 120 Å². The van der Waals surface area contributed by atoms with Crippen LogP contribution in [-0.4, -0.2) is 103 Å². The summed E-state index contributed by atoms with van der Waals surface area (Å²) in [5.74, 6) is 0. The molecule has 7 fully saturated rings. The van der Waals surface area contributed by atoms with E-state index in [-0.39, 0.29) is 26.2 Å². The molecular formula is C67H101Cl2N2O9PRu. The standard InChI is InChI=1S/C18H33P.C16H22O6.C13H19N2.C8H14.C7H6.C5H6O3.2ClH.Ru/c1-4-10-16(11-5-1)19(17-12-6-2-7-13-17)18-14-8-3-9-15-18;17-15-19-11-13(21-15)9-7-5-3-1-2-4-6-8-10-14-12-20-16(18)22-14;1-10-7-11(2)13(12(3)8-10)15-6-5-14(4)9-15;1-2-4-6-8-7-5-3-1;1-7-5-3-2-4-6-7;1-2-4-3-7-5(6)8-4;;;/h16-18H,1-15H2;7-10,13-14H,1-6,11-12H2;7-9H,5-6H2,1-4H3;1-2H,3-8H2;1-6H;2,4H,1,3H2;2*1H;/q;;-1;;;;;;+2/p-1/b;9-7+,10-8+;;;;;;;. The molecule has 82 heavy (non-hydrogen) atoms. The van der Waals surface area contributed by atoms with Crippen LogP contribution in [0.2, 0.25) is 0 Å². The van der Waals surface area contributed by atoms with E-state index in [1.165, 1.54) is 96.8 Å². The summed E-state index contributed by atoms with van der Waals surface area (Å²) in [6.45, 7) is 15.3. The third-order valence-corrected chi connectivity index (χ3v) is 22.6. The molecular weight excluding hydrogens is 1180 g/mol. The number of nitrogens with zero attached hydrogens (tertiary/aromatic N) is 2. The Morgan fingerprint density at radius 2 is 1.02 bits per heavy atom. The average molecular weight is 1280 g/mol. The van der Waals surface area contributed by atoms with Crippen molar-refractivity contribution in [2.75, 3.05) is 44.9 Å². The molecule has 2 aromatic rings. The van der Waals surface area contributed by atoms with Crippen molar-refractivity contribution >= 4 is 56.1 Å². The van der Waals surface area contributed by atoms with Crippen LogP contribution in [0, 0.1) is 27.4 Å². The summed E-state index contributed by atoms with van der Waals surface area (Å²) in [4.78, 5) is 36.1. The fourth-order valence-electron chi connectivity index (χ4n) is 12.2. The van der Waals surface area contributed by atoms with Gasteiger partial charge in [0.15, 0.2) is 18.3 Å². The molecule has 11 nitrogen and oxygen atoms in total. The molecule has 0 aromatic heterocycles. The Hall–Kier alpha value is -3.53. The summed E-state index contributed by atoms with van der Waals surface area (Å²) in [5, 5.41) is 0. The molecule has 0 radical (unpaired) electrons. The third kappa shape index (κ3) is 28.6. The quantitative estimate of drug-likeness (QED) is 0.0323. The second-order valence-corrected chi connectivity index (χ2v) is 32.1. The van der Waals surface area contributed by atoms with E-state index in [4.69, 9.17) is 28.9 Å². The molecule has 0 amide bonds. The normalized spacial score (nSPS) is 22.5. The molecule has 2 aromatic carbocycles. The first kappa shape index (κ1) is 69.2. The summed E-state index contributed by atoms with van der Waals surface area (Å²) < 4.78 is 30.0. The van der Waals surface area contributed by atoms with Crippen molar-refractivity contribution in [3.63, 3.8) is 0 Å². The first-order valence-corrected chi connectivity index (χ1v) is 38.3. The van der Waals surface area contributed by atoms with Crippen molar-refractivity contribution < 1.29 is 56.3 Å². The van der Waals surface area contributed by atoms with Gasteiger partial charge in [-0.2, -0.15) is 6.67 Å². The molecule has 4 heterocycles. The van der Waals surface area contributed by atoms with Crippen LogP contribution < -0.4 is 4.90 Å². The molecule has 0 N–H and O–H groups in total. The first-order valence-electron chi connectivity index (χ1n) is 31.1. The van der Waals surface area contributed by atoms with Gasteiger partial charge in [-0.1, -0.05) is 93.5 Å². The number of rotatable bonds is 15. The molecule has 0 bridgehead atoms. The van der Waals surface area contributed by atoms with E-state index in [9.17, 15) is 14.4 Å². The van der Waals surface area contributed by atoms with Crippen molar-refractivity contribution in [1.29, 1.82) is 0 Å². The Bertz CT molecular complexity index is 2150. The topological polar surface area (TPSA) is 113 Å². The van der Waals surface area contributed by atoms with Crippen LogP contribution >= 0.6 is 27.3 Å². The summed E-state index contributed by atoms with van der Waals surface area (Å²) >= 11 is -1.61. The zero-order valence-corrected chi connectivity index (χ0v) is 54.5. The summed E-state index contributed by atoms with van der Waals surface area (Å²) in [5.41, 5.74) is 10.3. The predicted octanol–water partition coefficient (Wildman–Crippen LogP) is 18.6. The first-order chi connectivity index (χ1) is 39.9. The van der Waals surface area contributed by atoms with Gasteiger partial charge in [0.2, 0.25) is 0 Å². The number of ether oxygens (including phenoxy) is 6. The number of cyclic esters (lactones) is 6. The Kier molecular flexibility index (Phi) is 35.1. The third-order valence-electron chi connectivity index (χ3n) is 16.1. The van der Waals surface area contributed by atoms with Crippen LogP contribution in [0.3, 0.4) is 0 Å². The van der Waals surface area contributed by atoms with E-state index in [2.05, 4.69) is 94.1 Å². The van der Waals surface area contributed by atoms with Crippen molar-refractivity contribution in [2.24, 2.45) is 0 Å². The van der Waals surface area contributed by atoms with Gasteiger partial charge in [-0.3, -0.25) is 0 Å². The minimum atomic E-state index is -1.61. The predicted molar refractivity (Wildman–Crippen MR) is 339 cm³/mol. The maximum absolute atomic E-state index is 10.7. The van der Waals surface area contributed by atoms with Crippen LogP contribution in [0.15, 0.2) is 91.6 Å². The maximum atomic E-state index is 10.7. The molecule has 3 atom stereocenters. The number of hydrogen-bond donors (Lipinski definition) is 0. The van der Waals surface area contributed by atoms with E-state index < -0.39 is 32.0 Å². The Morgan fingerprint density at radius 3 is 1.39 bits per heavy atom. The van der Waals surface area contributed by atoms with Gasteiger partial charge in [0, 0.05) is 20.2 Å². The van der Waals surface area contributed by atoms with Crippen LogP contribution in [-0.2, 0) is 41.9 Å². The molecule has 0 spiro atoms. The fraction of sp³-hybridized carbons (Fsp3) is 0.627. The number of unbranched alkanes of at least 4 members (excludes halogenated alkanes) is 5. The average Bonchev–Trinajstić information content (AvgIpc) is 4.44. The van der Waals surface area contributed by atoms with Gasteiger partial charge >= 0.3 is 91.9 Å². The molecule has 4 saturated heterocycles. The van der Waals surface area contributed by atoms with Gasteiger partial charge in [0.25, 0.3) is 0 Å². The van der Waals surface area contributed by atoms with Crippen LogP contribution in [0.5, 0.6) is 0 Å². The number of anilines is 1. The van der Waals surface area contributed by atoms with Gasteiger partial charge in [-0.15, -0.1) is 0 Å². The summed E-state index contributed by atoms with van der Waals surface area (Å²) in [6.07, 6.45) is 50.3. The van der Waals surface area contributed by atoms with Crippen molar-refractivity contribution in [2.45, 2.75) is 229 Å². The zero-order chi connectivity index (χ0) is 58.6. The molecule has 8 aliphatic rings. The summed E-state index contributed by atoms with van der Waals surface area (Å²) in [6, 6.07) is 14.4. The SMILES string of the molecule is C1=CCCCCCC1.C1CCC([PH+](C2CCCCC2)C2CCCCC2)CC1.C=CC1COC(=O)O1.Cc1cc(C)c(N2[CH-]N(C)CC2)c(C)c1.O=C1OCC(/C=C/CCCCCC/C=C/C2COC(=O)O2)O1.[Cl][Ru]([Cl])=[CH]c1ccccc1. The second-order valence-electron chi connectivity index (χ2n) is 23.0. The summed E-state index contributed by atoms with van der Waals surface area (Å²) in [7, 11) is 13.4. The Morgan fingerprint density at radius 1 is 0.598 bits per heavy atom. The molecule has 4 aliphatic heterocycles. The van der Waals surface area contributed by atoms with Crippen molar-refractivity contribution in [1.82, 2.24) is 4.90 Å². The van der Waals surface area contributed by atoms with E-state index in [0.717, 1.165) is 44.3 Å². The molecule has 10 rings (SSSR count). The number of allylic oxidation sites excluding steroid dienone is 4. The monoisotopic (exact) mass is 1280 g/mol. The zero-order valence-electron chi connectivity index (χ0n) is 50.2. The van der Waals surface area contributed by atoms with E-state index in [0.29, 0.717) is 19.8 Å². The minimum absolute atomic E-state index is 0.0465. The van der Waals surface area contributed by atoms with Gasteiger partial charge in [0.1, 0.15) is 19.8 Å². The van der Waals surface area contributed by atoms with Gasteiger partial charge in [0.05, 0.1) is 17.0 Å². The van der Waals surface area contributed by atoms with Gasteiger partial charge < -0.3 is 38.2 Å². The number of benzene rings is 2. The van der Waals surface area contributed by atoms with E-state index >= 15 is 0 Å². The number of hydrogen-bond acceptors (Lipinski definition) is 11. The van der Waals surface area contributed by atoms with E-state index in [1.54, 1.807) is 96.3 Å². The Balaban J connectivity index is 0.000000188. The van der Waals surface area contributed by atoms with Gasteiger partial charge in [-0.05, 0) is 192 Å². The van der Waals surface area contributed by atoms with Gasteiger partial charge in [-0.25, -0.2) is 14.4 Å². The van der Waals surface area contributed by atoms with Crippen LogP contribution in [0.1, 0.15) is 196 Å². The molecule has 460 valence electrons. The van der Waals surface area contributed by atoms with Crippen LogP contribution in [0.25, 0.3) is 0 Å². The molecule has 4 aliphatic carbocycles. The number of carbonyl (C=O) groups is 3. The van der Waals surface area contributed by atoms with Crippen molar-refractivity contribution in [3.8, 4) is 0 Å².